The largest absolute Gasteiger partial charge is 0.494 e. The Hall–Kier alpha value is -3.64. The number of benzene rings is 1. The van der Waals surface area contributed by atoms with E-state index in [1.807, 2.05) is 36.7 Å². The Balaban J connectivity index is 1.20. The third-order valence-corrected chi connectivity index (χ3v) is 12.4. The lowest BCUT2D eigenvalue weighted by Crippen LogP contribution is -2.49. The number of amides is 1. The summed E-state index contributed by atoms with van der Waals surface area (Å²) in [5.74, 6) is 3.71. The van der Waals surface area contributed by atoms with Crippen molar-refractivity contribution in [3.05, 3.63) is 35.9 Å². The number of nitrogens with two attached hydrogens (primary N) is 1. The lowest BCUT2D eigenvalue weighted by Gasteiger charge is -2.33. The zero-order valence-electron chi connectivity index (χ0n) is 26.1. The van der Waals surface area contributed by atoms with Gasteiger partial charge in [-0.15, -0.1) is 0 Å². The van der Waals surface area contributed by atoms with Crippen molar-refractivity contribution in [1.29, 1.82) is 0 Å². The minimum atomic E-state index is -3.43. The van der Waals surface area contributed by atoms with Gasteiger partial charge >= 0.3 is 0 Å². The van der Waals surface area contributed by atoms with Crippen molar-refractivity contribution in [2.45, 2.75) is 76.5 Å². The van der Waals surface area contributed by atoms with E-state index < -0.39 is 10.0 Å². The molecule has 45 heavy (non-hydrogen) atoms. The summed E-state index contributed by atoms with van der Waals surface area (Å²) in [6, 6.07) is 9.29. The van der Waals surface area contributed by atoms with Crippen LogP contribution >= 0.6 is 0 Å². The molecule has 0 radical (unpaired) electrons. The maximum Gasteiger partial charge on any atom is 0.251 e. The van der Waals surface area contributed by atoms with Crippen LogP contribution in [0.5, 0.6) is 5.75 Å². The van der Waals surface area contributed by atoms with Crippen LogP contribution in [-0.2, 0) is 23.6 Å². The number of sulfonamides is 1. The van der Waals surface area contributed by atoms with Crippen molar-refractivity contribution in [3.63, 3.8) is 0 Å². The molecule has 3 saturated carbocycles. The maximum absolute atomic E-state index is 13.5. The number of nitrogens with zero attached hydrogens (tertiary/aromatic N) is 5. The van der Waals surface area contributed by atoms with E-state index in [0.717, 1.165) is 72.6 Å². The van der Waals surface area contributed by atoms with E-state index in [0.29, 0.717) is 40.9 Å². The van der Waals surface area contributed by atoms with Crippen LogP contribution in [0.2, 0.25) is 0 Å². The molecule has 0 spiro atoms. The minimum Gasteiger partial charge on any atom is -0.494 e. The summed E-state index contributed by atoms with van der Waals surface area (Å²) in [6.45, 7) is 2.72. The lowest BCUT2D eigenvalue weighted by atomic mass is 9.91. The van der Waals surface area contributed by atoms with E-state index >= 15 is 0 Å². The van der Waals surface area contributed by atoms with Gasteiger partial charge < -0.3 is 24.9 Å². The van der Waals surface area contributed by atoms with Gasteiger partial charge in [-0.05, 0) is 100.0 Å². The Kier molecular flexibility index (Phi) is 6.69. The number of carbonyl (C=O) groups is 1. The summed E-state index contributed by atoms with van der Waals surface area (Å²) in [5.41, 5.74) is 10.0. The fourth-order valence-corrected chi connectivity index (χ4v) is 9.50. The molecule has 4 heterocycles. The van der Waals surface area contributed by atoms with Crippen LogP contribution in [0.15, 0.2) is 30.3 Å². The first kappa shape index (κ1) is 28.8. The van der Waals surface area contributed by atoms with Gasteiger partial charge in [-0.1, -0.05) is 0 Å². The Bertz CT molecular complexity index is 1950. The van der Waals surface area contributed by atoms with Crippen LogP contribution in [0, 0.1) is 17.8 Å². The second-order valence-electron chi connectivity index (χ2n) is 13.8. The van der Waals surface area contributed by atoms with Crippen LogP contribution in [0.25, 0.3) is 33.6 Å². The predicted octanol–water partition coefficient (Wildman–Crippen LogP) is 4.18. The molecule has 1 aliphatic heterocycles. The van der Waals surface area contributed by atoms with E-state index in [4.69, 9.17) is 20.4 Å². The first-order valence-corrected chi connectivity index (χ1v) is 17.9. The highest BCUT2D eigenvalue weighted by molar-refractivity contribution is 7.92. The third kappa shape index (κ3) is 4.97. The van der Waals surface area contributed by atoms with Gasteiger partial charge in [-0.3, -0.25) is 9.10 Å². The molecule has 5 atom stereocenters. The van der Waals surface area contributed by atoms with E-state index in [1.165, 1.54) is 10.7 Å². The molecule has 238 valence electrons. The van der Waals surface area contributed by atoms with Gasteiger partial charge in [-0.25, -0.2) is 18.4 Å². The van der Waals surface area contributed by atoms with Gasteiger partial charge in [0.25, 0.3) is 5.91 Å². The van der Waals surface area contributed by atoms with Gasteiger partial charge in [-0.2, -0.15) is 0 Å². The molecule has 3 aliphatic carbocycles. The molecule has 4 fully saturated rings. The molecular weight excluding hydrogens is 590 g/mol. The van der Waals surface area contributed by atoms with Gasteiger partial charge in [0.1, 0.15) is 22.7 Å². The summed E-state index contributed by atoms with van der Waals surface area (Å²) in [6.07, 6.45) is 6.91. The first-order chi connectivity index (χ1) is 21.6. The highest BCUT2D eigenvalue weighted by atomic mass is 32.2. The maximum atomic E-state index is 13.5. The van der Waals surface area contributed by atoms with Gasteiger partial charge in [0.2, 0.25) is 10.0 Å². The number of fused-ring (bicyclic) bond motifs is 3. The topological polar surface area (TPSA) is 137 Å². The van der Waals surface area contributed by atoms with Gasteiger partial charge in [0.05, 0.1) is 24.1 Å². The van der Waals surface area contributed by atoms with E-state index in [-0.39, 0.29) is 29.8 Å². The van der Waals surface area contributed by atoms with Crippen molar-refractivity contribution in [1.82, 2.24) is 24.4 Å². The standard InChI is InChI=1S/C33H41N7O4S/c1-18-5-4-10-45(42,43)40(18)29-9-8-20-15-27(39(31(20)37-29)17-19-6-7-19)32-35-26-14-23(16-28(44-3)30(26)38(32)2)33(41)36-25-13-22-11-21(22)12-24(25)34/h8-9,14-16,18-19,21-22,24-25H,4-7,10-13,17,34H2,1-3H3,(H,36,41)/t18-,21-,22?,24+,25+/m0/s1. The fraction of sp³-hybridized carbons (Fsp3) is 0.545. The fourth-order valence-electron chi connectivity index (χ4n) is 7.73. The smallest absolute Gasteiger partial charge is 0.251 e. The van der Waals surface area contributed by atoms with E-state index in [9.17, 15) is 13.2 Å². The third-order valence-electron chi connectivity index (χ3n) is 10.5. The second-order valence-corrected chi connectivity index (χ2v) is 15.7. The Morgan fingerprint density at radius 2 is 1.89 bits per heavy atom. The molecule has 12 heteroatoms. The molecule has 3 aromatic heterocycles. The number of aryl methyl sites for hydroxylation is 1. The number of hydrogen-bond acceptors (Lipinski definition) is 7. The highest BCUT2D eigenvalue weighted by Gasteiger charge is 2.46. The summed E-state index contributed by atoms with van der Waals surface area (Å²) in [7, 11) is 0.140. The van der Waals surface area contributed by atoms with Gasteiger partial charge in [0.15, 0.2) is 5.82 Å². The molecule has 3 N–H and O–H groups in total. The Labute approximate surface area is 263 Å². The van der Waals surface area contributed by atoms with Crippen molar-refractivity contribution in [2.24, 2.45) is 30.5 Å². The molecule has 8 rings (SSSR count). The number of carbonyl (C=O) groups excluding carboxylic acids is 1. The number of anilines is 1. The van der Waals surface area contributed by atoms with Crippen LogP contribution < -0.4 is 20.1 Å². The van der Waals surface area contributed by atoms with Crippen LogP contribution in [0.1, 0.15) is 62.2 Å². The predicted molar refractivity (Wildman–Crippen MR) is 174 cm³/mol. The van der Waals surface area contributed by atoms with E-state index in [1.54, 1.807) is 13.2 Å². The molecule has 4 aromatic rings. The number of ether oxygens (including phenoxy) is 1. The lowest BCUT2D eigenvalue weighted by molar-refractivity contribution is 0.0919. The quantitative estimate of drug-likeness (QED) is 0.312. The Morgan fingerprint density at radius 1 is 1.09 bits per heavy atom. The van der Waals surface area contributed by atoms with Crippen molar-refractivity contribution in [2.75, 3.05) is 17.2 Å². The molecule has 4 aliphatic rings. The van der Waals surface area contributed by atoms with Gasteiger partial charge in [0, 0.05) is 42.7 Å². The van der Waals surface area contributed by atoms with Crippen LogP contribution in [-0.4, -0.2) is 64.4 Å². The zero-order valence-corrected chi connectivity index (χ0v) is 26.9. The molecule has 11 nitrogen and oxygen atoms in total. The number of pyridine rings is 1. The second kappa shape index (κ2) is 10.4. The van der Waals surface area contributed by atoms with Crippen LogP contribution in [0.3, 0.4) is 0 Å². The number of nitrogens with one attached hydrogen (secondary N) is 1. The van der Waals surface area contributed by atoms with Crippen molar-refractivity contribution < 1.29 is 17.9 Å². The molecule has 1 unspecified atom stereocenters. The van der Waals surface area contributed by atoms with Crippen molar-refractivity contribution in [3.8, 4) is 17.3 Å². The normalized spacial score (nSPS) is 27.5. The average Bonchev–Trinajstić information content (AvgIpc) is 3.91. The molecule has 1 amide bonds. The zero-order chi connectivity index (χ0) is 31.2. The first-order valence-electron chi connectivity index (χ1n) is 16.2. The Morgan fingerprint density at radius 3 is 2.64 bits per heavy atom. The average molecular weight is 632 g/mol. The number of hydrogen-bond donors (Lipinski definition) is 2. The summed E-state index contributed by atoms with van der Waals surface area (Å²) >= 11 is 0. The molecule has 1 aromatic carbocycles. The molecule has 1 saturated heterocycles. The molecule has 0 bridgehead atoms. The SMILES string of the molecule is COc1cc(C(=O)N[C@@H]2CC3C[C@H]3C[C@H]2N)cc2nc(-c3cc4ccc(N5[C@@H](C)CCCS5(=O)=O)nc4n3CC3CC3)n(C)c12. The summed E-state index contributed by atoms with van der Waals surface area (Å²) in [5, 5.41) is 4.12. The summed E-state index contributed by atoms with van der Waals surface area (Å²) < 4.78 is 37.7. The number of rotatable bonds is 7. The number of imidazole rings is 1. The summed E-state index contributed by atoms with van der Waals surface area (Å²) in [4.78, 5) is 23.5. The minimum absolute atomic E-state index is 0.0227. The van der Waals surface area contributed by atoms with E-state index in [2.05, 4.69) is 16.0 Å². The van der Waals surface area contributed by atoms with Crippen LogP contribution in [0.4, 0.5) is 5.82 Å². The monoisotopic (exact) mass is 631 g/mol. The number of aromatic nitrogens is 4. The van der Waals surface area contributed by atoms with Crippen molar-refractivity contribution >= 4 is 43.8 Å². The number of methoxy groups -OCH3 is 1. The molecular formula is C33H41N7O4S. The highest BCUT2D eigenvalue weighted by Crippen LogP contribution is 2.49.